The van der Waals surface area contributed by atoms with Crippen LogP contribution in [0.4, 0.5) is 22.0 Å². The predicted molar refractivity (Wildman–Crippen MR) is 436 cm³/mol. The van der Waals surface area contributed by atoms with E-state index >= 15 is 0 Å². The summed E-state index contributed by atoms with van der Waals surface area (Å²) in [6.45, 7) is 69.6. The van der Waals surface area contributed by atoms with Crippen LogP contribution in [-0.2, 0) is 83.5 Å². The van der Waals surface area contributed by atoms with Gasteiger partial charge in [0.25, 0.3) is 5.92 Å². The lowest BCUT2D eigenvalue weighted by atomic mass is 9.66. The standard InChI is InChI=1S/C13H22N2O.C12H16F3NO.C12H19NO.C12H21NO.C11H16F2N2O.C11H16N2O.C10H17NO.C8H13NO2/c1-12(2,3)11-8-10(14-16-11)13(6-7-13)9-15(4)5;1-10(2,3)9-7-8(16-17-9)11(5-4-6-11)12(13,14)15;1-11(2,3)10-8-9(13-14-10)12(4)6-5-7-12;1-8-9(11(2,3)4)13-14-10(8)12(5,6)7;1-10(2,3)9-4-8(14-16-9)5-15-6-11(12,13)7-15;1-10(2,3)9-6-8(13-14-9)11(4,5)7-12;1-7(2)8-6-9(12-11-8)10(3,4)5;1-8(2,3)7-4-6(5-10)9-11-7/h8H,6-7,9H2,1-5H3;7H,4-6H2,1-3H3;8H,5-7H2,1-4H3;1-7H3;4H,5-7H2,1-3H3;6H,1-5H3;6-7H,1-5H3;4,10H,5H2,1-3H3. The minimum atomic E-state index is -4.24. The van der Waals surface area contributed by atoms with Crippen molar-refractivity contribution in [3.8, 4) is 6.07 Å². The van der Waals surface area contributed by atoms with Gasteiger partial charge in [0.15, 0.2) is 0 Å². The highest BCUT2D eigenvalue weighted by molar-refractivity contribution is 5.32. The minimum Gasteiger partial charge on any atom is -0.390 e. The maximum absolute atomic E-state index is 13.1. The van der Waals surface area contributed by atoms with Crippen molar-refractivity contribution < 1.29 is 63.2 Å². The number of likely N-dealkylation sites (tertiary alicyclic amines) is 1. The molecule has 3 aliphatic carbocycles. The Morgan fingerprint density at radius 1 is 0.465 bits per heavy atom. The Bertz CT molecular complexity index is 4270. The predicted octanol–water partition coefficient (Wildman–Crippen LogP) is 23.3. The summed E-state index contributed by atoms with van der Waals surface area (Å²) in [5.74, 6) is 4.80. The Morgan fingerprint density at radius 3 is 1.14 bits per heavy atom. The molecule has 4 aliphatic rings. The van der Waals surface area contributed by atoms with Crippen LogP contribution >= 0.6 is 0 Å². The number of rotatable bonds is 10. The molecule has 0 amide bonds. The number of aliphatic hydroxyl groups excluding tert-OH is 1. The first-order valence-electron chi connectivity index (χ1n) is 40.2. The second-order valence-corrected chi connectivity index (χ2v) is 42.4. The van der Waals surface area contributed by atoms with Gasteiger partial charge < -0.3 is 46.2 Å². The van der Waals surface area contributed by atoms with Crippen molar-refractivity contribution in [1.82, 2.24) is 51.1 Å². The minimum absolute atomic E-state index is 0.0274. The zero-order chi connectivity index (χ0) is 87.2. The SMILES string of the molecule is CC(C)(C)c1cc(C(C)(C)C#N)no1.CC(C)(C)c1cc(C2(C(F)(F)F)CCC2)no1.CC(C)(C)c1cc(C2(C)CCC2)no1.CC(C)(C)c1cc(CN2CC(F)(F)C2)no1.CC(C)(C)c1cc(CO)no1.CC(C)c1cc(C(C)(C)C)on1.CN(C)CC1(c2cc(C(C)(C)C)on2)CC1.Cc1c(C(C)(C)C)noc1C(C)(C)C. The molecule has 25 heteroatoms. The molecular weight excluding hydrogens is 1460 g/mol. The zero-order valence-electron chi connectivity index (χ0n) is 75.8. The van der Waals surface area contributed by atoms with Crippen LogP contribution in [0.2, 0.25) is 0 Å². The van der Waals surface area contributed by atoms with Gasteiger partial charge in [0.05, 0.1) is 65.3 Å². The Kier molecular flexibility index (Phi) is 30.6. The monoisotopic (exact) mass is 1600 g/mol. The van der Waals surface area contributed by atoms with E-state index < -0.39 is 22.9 Å². The number of aromatic nitrogens is 8. The fourth-order valence-corrected chi connectivity index (χ4v) is 12.1. The van der Waals surface area contributed by atoms with E-state index in [1.54, 1.807) is 11.0 Å². The Hall–Kier alpha value is -7.30. The maximum Gasteiger partial charge on any atom is 0.400 e. The van der Waals surface area contributed by atoms with Crippen LogP contribution in [0.15, 0.2) is 78.6 Å². The first-order chi connectivity index (χ1) is 51.5. The largest absolute Gasteiger partial charge is 0.400 e. The molecule has 0 radical (unpaired) electrons. The Balaban J connectivity index is 0.000000233. The van der Waals surface area contributed by atoms with Crippen molar-refractivity contribution in [2.45, 2.75) is 381 Å². The van der Waals surface area contributed by atoms with Crippen LogP contribution in [0.5, 0.6) is 0 Å². The third-order valence-electron chi connectivity index (χ3n) is 20.5. The summed E-state index contributed by atoms with van der Waals surface area (Å²) in [4.78, 5) is 3.89. The van der Waals surface area contributed by atoms with Gasteiger partial charge in [-0.25, -0.2) is 8.78 Å². The molecule has 1 saturated heterocycles. The summed E-state index contributed by atoms with van der Waals surface area (Å²) in [7, 11) is 4.23. The topological polar surface area (TPSA) is 259 Å². The lowest BCUT2D eigenvalue weighted by molar-refractivity contribution is -0.214. The summed E-state index contributed by atoms with van der Waals surface area (Å²) < 4.78 is 106. The van der Waals surface area contributed by atoms with Crippen molar-refractivity contribution in [3.63, 3.8) is 0 Å². The van der Waals surface area contributed by atoms with E-state index in [0.29, 0.717) is 41.4 Å². The highest BCUT2D eigenvalue weighted by Crippen LogP contribution is 2.55. The van der Waals surface area contributed by atoms with Crippen LogP contribution in [-0.4, -0.2) is 102 Å². The van der Waals surface area contributed by atoms with Crippen molar-refractivity contribution >= 4 is 0 Å². The van der Waals surface area contributed by atoms with Gasteiger partial charge in [-0.3, -0.25) is 4.90 Å². The maximum atomic E-state index is 13.1. The van der Waals surface area contributed by atoms with Gasteiger partial charge in [-0.1, -0.05) is 262 Å². The van der Waals surface area contributed by atoms with Gasteiger partial charge in [-0.05, 0) is 79.3 Å². The van der Waals surface area contributed by atoms with E-state index in [1.165, 1.54) is 43.7 Å². The van der Waals surface area contributed by atoms with Crippen LogP contribution in [0, 0.1) is 18.3 Å². The lowest BCUT2D eigenvalue weighted by Crippen LogP contribution is -2.55. The number of nitriles is 1. The number of likely N-dealkylation sites (N-methyl/N-ethyl adjacent to an activating group) is 1. The molecule has 20 nitrogen and oxygen atoms in total. The molecule has 0 unspecified atom stereocenters. The molecule has 9 heterocycles. The average Bonchev–Trinajstić information content (AvgIpc) is 1.47. The normalized spacial score (nSPS) is 16.8. The number of aliphatic hydroxyl groups is 1. The fraction of sp³-hybridized carbons (Fsp3) is 0.719. The van der Waals surface area contributed by atoms with E-state index in [4.69, 9.17) is 46.6 Å². The molecule has 8 aromatic rings. The van der Waals surface area contributed by atoms with Gasteiger partial charge in [-0.15, -0.1) is 0 Å². The third-order valence-corrected chi connectivity index (χ3v) is 20.5. The molecule has 3 saturated carbocycles. The van der Waals surface area contributed by atoms with Crippen molar-refractivity contribution in [2.24, 2.45) is 0 Å². The van der Waals surface area contributed by atoms with E-state index in [9.17, 15) is 22.0 Å². The Labute approximate surface area is 677 Å². The molecule has 0 atom stereocenters. The van der Waals surface area contributed by atoms with E-state index in [-0.39, 0.29) is 92.4 Å². The average molecular weight is 1600 g/mol. The molecule has 1 N–H and O–H groups in total. The molecule has 8 aromatic heterocycles. The number of hydrogen-bond donors (Lipinski definition) is 1. The number of alkyl halides is 5. The lowest BCUT2D eigenvalue weighted by Gasteiger charge is -2.41. The molecule has 1 aliphatic heterocycles. The second-order valence-electron chi connectivity index (χ2n) is 42.4. The van der Waals surface area contributed by atoms with Gasteiger partial charge in [0, 0.05) is 121 Å². The second kappa shape index (κ2) is 35.9. The van der Waals surface area contributed by atoms with Crippen LogP contribution in [0.1, 0.15) is 376 Å². The van der Waals surface area contributed by atoms with E-state index in [0.717, 1.165) is 75.3 Å². The first kappa shape index (κ1) is 97.3. The molecule has 0 aromatic carbocycles. The van der Waals surface area contributed by atoms with E-state index in [1.807, 2.05) is 94.4 Å². The quantitative estimate of drug-likeness (QED) is 0.125. The van der Waals surface area contributed by atoms with Crippen molar-refractivity contribution in [2.75, 3.05) is 33.7 Å². The van der Waals surface area contributed by atoms with Crippen LogP contribution < -0.4 is 0 Å². The zero-order valence-corrected chi connectivity index (χ0v) is 75.8. The molecule has 640 valence electrons. The fourth-order valence-electron chi connectivity index (χ4n) is 12.1. The smallest absolute Gasteiger partial charge is 0.390 e. The number of halogens is 5. The molecule has 0 spiro atoms. The summed E-state index contributed by atoms with van der Waals surface area (Å²) in [6.07, 6.45) is 2.90. The summed E-state index contributed by atoms with van der Waals surface area (Å²) in [5, 5.41) is 49.4. The highest BCUT2D eigenvalue weighted by Gasteiger charge is 2.61. The third kappa shape index (κ3) is 26.9. The molecule has 12 rings (SSSR count). The molecule has 0 bridgehead atoms. The van der Waals surface area contributed by atoms with Crippen molar-refractivity contribution in [3.05, 3.63) is 140 Å². The van der Waals surface area contributed by atoms with Gasteiger partial charge in [0.2, 0.25) is 0 Å². The van der Waals surface area contributed by atoms with Gasteiger partial charge >= 0.3 is 6.18 Å². The molecule has 114 heavy (non-hydrogen) atoms. The van der Waals surface area contributed by atoms with E-state index in [2.05, 4.69) is 231 Å². The van der Waals surface area contributed by atoms with Gasteiger partial charge in [-0.2, -0.15) is 18.4 Å². The molecule has 4 fully saturated rings. The first-order valence-corrected chi connectivity index (χ1v) is 40.2. The Morgan fingerprint density at radius 2 is 0.842 bits per heavy atom. The highest BCUT2D eigenvalue weighted by atomic mass is 19.4. The van der Waals surface area contributed by atoms with Crippen LogP contribution in [0.3, 0.4) is 0 Å². The summed E-state index contributed by atoms with van der Waals surface area (Å²) in [5.41, 5.74) is 5.70. The number of hydrogen-bond acceptors (Lipinski definition) is 20. The van der Waals surface area contributed by atoms with Crippen molar-refractivity contribution in [1.29, 1.82) is 5.26 Å². The van der Waals surface area contributed by atoms with Gasteiger partial charge in [0.1, 0.15) is 62.9 Å². The number of nitrogens with zero attached hydrogens (tertiary/aromatic N) is 11. The summed E-state index contributed by atoms with van der Waals surface area (Å²) >= 11 is 0. The summed E-state index contributed by atoms with van der Waals surface area (Å²) in [6, 6.07) is 15.5. The van der Waals surface area contributed by atoms with Crippen LogP contribution in [0.25, 0.3) is 0 Å². The molecular formula is C89H140F5N11O9.